The average molecular weight is 487 g/mol. The van der Waals surface area contributed by atoms with Crippen LogP contribution in [-0.2, 0) is 6.18 Å². The molecule has 0 bridgehead atoms. The van der Waals surface area contributed by atoms with Crippen molar-refractivity contribution in [3.63, 3.8) is 0 Å². The summed E-state index contributed by atoms with van der Waals surface area (Å²) in [6.45, 7) is 0. The quantitative estimate of drug-likeness (QED) is 0.207. The summed E-state index contributed by atoms with van der Waals surface area (Å²) >= 11 is 0. The SMILES string of the molecule is O=C(Nc1ccc(Nc2ccnc3[nH]c(=O)c([N+](=O)[O-])cc23)cc1)c1ccc(F)cc1C(F)(F)F. The van der Waals surface area contributed by atoms with E-state index < -0.39 is 45.2 Å². The maximum Gasteiger partial charge on any atom is 0.417 e. The number of carbonyl (C=O) groups excluding carboxylic acids is 1. The summed E-state index contributed by atoms with van der Waals surface area (Å²) in [5.74, 6) is -2.20. The van der Waals surface area contributed by atoms with Gasteiger partial charge in [0.15, 0.2) is 0 Å². The number of halogens is 4. The van der Waals surface area contributed by atoms with Gasteiger partial charge in [0, 0.05) is 29.0 Å². The zero-order chi connectivity index (χ0) is 25.3. The largest absolute Gasteiger partial charge is 0.417 e. The van der Waals surface area contributed by atoms with Crippen molar-refractivity contribution in [3.8, 4) is 0 Å². The summed E-state index contributed by atoms with van der Waals surface area (Å²) in [6.07, 6.45) is -3.54. The molecule has 0 aliphatic carbocycles. The second-order valence-electron chi connectivity index (χ2n) is 7.21. The van der Waals surface area contributed by atoms with Gasteiger partial charge in [0.2, 0.25) is 0 Å². The van der Waals surface area contributed by atoms with Gasteiger partial charge in [0.1, 0.15) is 11.5 Å². The average Bonchev–Trinajstić information content (AvgIpc) is 2.79. The number of nitrogens with one attached hydrogen (secondary N) is 3. The van der Waals surface area contributed by atoms with Gasteiger partial charge in [-0.05, 0) is 48.5 Å². The fraction of sp³-hybridized carbons (Fsp3) is 0.0455. The predicted molar refractivity (Wildman–Crippen MR) is 118 cm³/mol. The van der Waals surface area contributed by atoms with Crippen LogP contribution >= 0.6 is 0 Å². The zero-order valence-corrected chi connectivity index (χ0v) is 17.3. The van der Waals surface area contributed by atoms with Crippen molar-refractivity contribution in [2.75, 3.05) is 10.6 Å². The minimum Gasteiger partial charge on any atom is -0.355 e. The molecule has 0 spiro atoms. The second kappa shape index (κ2) is 8.85. The van der Waals surface area contributed by atoms with Gasteiger partial charge in [-0.15, -0.1) is 0 Å². The number of carbonyl (C=O) groups is 1. The number of pyridine rings is 2. The number of benzene rings is 2. The van der Waals surface area contributed by atoms with E-state index in [0.717, 1.165) is 18.2 Å². The van der Waals surface area contributed by atoms with Gasteiger partial charge in [0.05, 0.1) is 21.7 Å². The number of nitro groups is 1. The van der Waals surface area contributed by atoms with Gasteiger partial charge in [-0.3, -0.25) is 19.7 Å². The van der Waals surface area contributed by atoms with E-state index in [9.17, 15) is 37.3 Å². The molecule has 0 saturated carbocycles. The van der Waals surface area contributed by atoms with Crippen LogP contribution < -0.4 is 16.2 Å². The van der Waals surface area contributed by atoms with Gasteiger partial charge >= 0.3 is 17.4 Å². The number of fused-ring (bicyclic) bond motifs is 1. The Balaban J connectivity index is 1.57. The van der Waals surface area contributed by atoms with Crippen LogP contribution in [0.2, 0.25) is 0 Å². The van der Waals surface area contributed by atoms with Gasteiger partial charge in [-0.1, -0.05) is 0 Å². The molecule has 0 saturated heterocycles. The molecule has 4 rings (SSSR count). The topological polar surface area (TPSA) is 130 Å². The monoisotopic (exact) mass is 487 g/mol. The maximum absolute atomic E-state index is 13.3. The fourth-order valence-electron chi connectivity index (χ4n) is 3.28. The molecular formula is C22H13F4N5O4. The molecule has 0 radical (unpaired) electrons. The van der Waals surface area contributed by atoms with E-state index >= 15 is 0 Å². The number of H-pyrrole nitrogens is 1. The Labute approximate surface area is 192 Å². The van der Waals surface area contributed by atoms with Crippen molar-refractivity contribution in [2.45, 2.75) is 6.18 Å². The van der Waals surface area contributed by atoms with Crippen molar-refractivity contribution >= 4 is 39.7 Å². The molecule has 0 aliphatic heterocycles. The minimum atomic E-state index is -4.92. The highest BCUT2D eigenvalue weighted by Crippen LogP contribution is 2.33. The maximum atomic E-state index is 13.3. The minimum absolute atomic E-state index is 0.120. The summed E-state index contributed by atoms with van der Waals surface area (Å²) in [4.78, 5) is 40.8. The molecule has 3 N–H and O–H groups in total. The molecule has 0 aliphatic rings. The molecule has 2 aromatic carbocycles. The molecule has 13 heteroatoms. The number of aromatic amines is 1. The third-order valence-electron chi connectivity index (χ3n) is 4.89. The third kappa shape index (κ3) is 4.93. The van der Waals surface area contributed by atoms with Crippen molar-refractivity contribution in [2.24, 2.45) is 0 Å². The highest BCUT2D eigenvalue weighted by Gasteiger charge is 2.35. The standard InChI is InChI=1S/C22H13F4N5O4/c23-11-1-6-14(16(9-11)22(24,25)26)20(32)29-13-4-2-12(3-5-13)28-17-7-8-27-19-15(17)10-18(31(34)35)21(33)30-19/h1-10H,(H,29,32)(H2,27,28,30,33). The van der Waals surface area contributed by atoms with Crippen molar-refractivity contribution in [1.29, 1.82) is 0 Å². The van der Waals surface area contributed by atoms with Crippen LogP contribution in [0.5, 0.6) is 0 Å². The third-order valence-corrected chi connectivity index (χ3v) is 4.89. The van der Waals surface area contributed by atoms with Crippen molar-refractivity contribution in [1.82, 2.24) is 9.97 Å². The number of anilines is 3. The Kier molecular flexibility index (Phi) is 5.91. The molecule has 178 valence electrons. The molecule has 2 heterocycles. The number of amides is 1. The molecule has 4 aromatic rings. The van der Waals surface area contributed by atoms with Gasteiger partial charge in [-0.2, -0.15) is 13.2 Å². The Hall–Kier alpha value is -4.81. The molecule has 35 heavy (non-hydrogen) atoms. The van der Waals surface area contributed by atoms with Crippen LogP contribution in [0.15, 0.2) is 65.6 Å². The van der Waals surface area contributed by atoms with Crippen LogP contribution in [-0.4, -0.2) is 20.8 Å². The van der Waals surface area contributed by atoms with E-state index in [2.05, 4.69) is 20.6 Å². The van der Waals surface area contributed by atoms with E-state index in [1.807, 2.05) is 0 Å². The number of aromatic nitrogens is 2. The van der Waals surface area contributed by atoms with Crippen LogP contribution in [0, 0.1) is 15.9 Å². The van der Waals surface area contributed by atoms with Crippen LogP contribution in [0.4, 0.5) is 40.3 Å². The lowest BCUT2D eigenvalue weighted by Crippen LogP contribution is -2.19. The normalized spacial score (nSPS) is 11.3. The van der Waals surface area contributed by atoms with Crippen molar-refractivity contribution in [3.05, 3.63) is 98.2 Å². The van der Waals surface area contributed by atoms with Crippen LogP contribution in [0.3, 0.4) is 0 Å². The molecule has 0 atom stereocenters. The predicted octanol–water partition coefficient (Wildman–Crippen LogP) is 4.99. The molecule has 2 aromatic heterocycles. The van der Waals surface area contributed by atoms with E-state index in [0.29, 0.717) is 11.4 Å². The Morgan fingerprint density at radius 3 is 2.37 bits per heavy atom. The smallest absolute Gasteiger partial charge is 0.355 e. The Bertz CT molecular complexity index is 1520. The highest BCUT2D eigenvalue weighted by atomic mass is 19.4. The number of hydrogen-bond donors (Lipinski definition) is 3. The van der Waals surface area contributed by atoms with Crippen LogP contribution in [0.25, 0.3) is 11.0 Å². The Morgan fingerprint density at radius 1 is 1.03 bits per heavy atom. The fourth-order valence-corrected chi connectivity index (χ4v) is 3.28. The lowest BCUT2D eigenvalue weighted by molar-refractivity contribution is -0.386. The summed E-state index contributed by atoms with van der Waals surface area (Å²) in [6, 6.07) is 10.2. The number of hydrogen-bond acceptors (Lipinski definition) is 6. The summed E-state index contributed by atoms with van der Waals surface area (Å²) in [5, 5.41) is 16.7. The summed E-state index contributed by atoms with van der Waals surface area (Å²) in [7, 11) is 0. The lowest BCUT2D eigenvalue weighted by Gasteiger charge is -2.13. The molecule has 1 amide bonds. The second-order valence-corrected chi connectivity index (χ2v) is 7.21. The molecule has 0 unspecified atom stereocenters. The first kappa shape index (κ1) is 23.4. The first-order valence-electron chi connectivity index (χ1n) is 9.74. The first-order chi connectivity index (χ1) is 16.5. The molecular weight excluding hydrogens is 474 g/mol. The zero-order valence-electron chi connectivity index (χ0n) is 17.3. The van der Waals surface area contributed by atoms with E-state index in [4.69, 9.17) is 0 Å². The highest BCUT2D eigenvalue weighted by molar-refractivity contribution is 6.05. The summed E-state index contributed by atoms with van der Waals surface area (Å²) < 4.78 is 52.8. The number of alkyl halides is 3. The van der Waals surface area contributed by atoms with Crippen LogP contribution in [0.1, 0.15) is 15.9 Å². The van der Waals surface area contributed by atoms with Gasteiger partial charge in [-0.25, -0.2) is 9.37 Å². The lowest BCUT2D eigenvalue weighted by atomic mass is 10.1. The van der Waals surface area contributed by atoms with E-state index in [1.54, 1.807) is 0 Å². The molecule has 0 fully saturated rings. The van der Waals surface area contributed by atoms with E-state index in [1.165, 1.54) is 36.5 Å². The van der Waals surface area contributed by atoms with Crippen molar-refractivity contribution < 1.29 is 27.3 Å². The Morgan fingerprint density at radius 2 is 1.71 bits per heavy atom. The van der Waals surface area contributed by atoms with E-state index in [-0.39, 0.29) is 22.8 Å². The van der Waals surface area contributed by atoms with Gasteiger partial charge in [0.25, 0.3) is 5.91 Å². The molecule has 9 nitrogen and oxygen atoms in total. The number of nitrogens with zero attached hydrogens (tertiary/aromatic N) is 2. The number of rotatable bonds is 5. The van der Waals surface area contributed by atoms with Gasteiger partial charge < -0.3 is 15.6 Å². The first-order valence-corrected chi connectivity index (χ1v) is 9.74. The summed E-state index contributed by atoms with van der Waals surface area (Å²) in [5.41, 5.74) is -2.57.